The smallest absolute Gasteiger partial charge is 0.294 e. The minimum Gasteiger partial charge on any atom is -0.458 e. The Labute approximate surface area is 138 Å². The molecule has 1 fully saturated rings. The van der Waals surface area contributed by atoms with Gasteiger partial charge in [-0.15, -0.1) is 0 Å². The van der Waals surface area contributed by atoms with E-state index in [4.69, 9.17) is 9.47 Å². The number of hydrogen-bond acceptors (Lipinski definition) is 6. The van der Waals surface area contributed by atoms with E-state index >= 15 is 0 Å². The maximum Gasteiger partial charge on any atom is 0.294 e. The summed E-state index contributed by atoms with van der Waals surface area (Å²) in [6.45, 7) is 2.63. The van der Waals surface area contributed by atoms with E-state index in [-0.39, 0.29) is 17.6 Å². The van der Waals surface area contributed by atoms with Crippen LogP contribution in [0.2, 0.25) is 0 Å². The summed E-state index contributed by atoms with van der Waals surface area (Å²) in [4.78, 5) is 19.1. The monoisotopic (exact) mass is 336 g/mol. The SMILES string of the molecule is Cc1cc(CSc2ncc(OC3CCCCO3)c(=O)[nH]2)n(C)n1. The summed E-state index contributed by atoms with van der Waals surface area (Å²) in [5.41, 5.74) is 1.77. The van der Waals surface area contributed by atoms with E-state index in [9.17, 15) is 4.79 Å². The average molecular weight is 336 g/mol. The third-order valence-corrected chi connectivity index (χ3v) is 4.52. The average Bonchev–Trinajstić information content (AvgIpc) is 2.86. The van der Waals surface area contributed by atoms with Crippen molar-refractivity contribution in [3.05, 3.63) is 34.0 Å². The van der Waals surface area contributed by atoms with Crippen LogP contribution in [0.3, 0.4) is 0 Å². The number of aryl methyl sites for hydroxylation is 2. The minimum atomic E-state index is -0.345. The van der Waals surface area contributed by atoms with Gasteiger partial charge in [0.15, 0.2) is 11.4 Å². The van der Waals surface area contributed by atoms with Crippen molar-refractivity contribution in [3.63, 3.8) is 0 Å². The van der Waals surface area contributed by atoms with Crippen LogP contribution >= 0.6 is 11.8 Å². The topological polar surface area (TPSA) is 82.0 Å². The van der Waals surface area contributed by atoms with Crippen LogP contribution in [-0.2, 0) is 17.5 Å². The van der Waals surface area contributed by atoms with E-state index in [1.165, 1.54) is 18.0 Å². The fourth-order valence-electron chi connectivity index (χ4n) is 2.41. The molecule has 2 aromatic rings. The Hall–Kier alpha value is -1.80. The molecular formula is C15H20N4O3S. The Balaban J connectivity index is 1.62. The van der Waals surface area contributed by atoms with Crippen molar-refractivity contribution in [1.82, 2.24) is 19.7 Å². The molecule has 0 radical (unpaired) electrons. The maximum absolute atomic E-state index is 12.1. The largest absolute Gasteiger partial charge is 0.458 e. The summed E-state index contributed by atoms with van der Waals surface area (Å²) < 4.78 is 12.9. The van der Waals surface area contributed by atoms with Crippen molar-refractivity contribution >= 4 is 11.8 Å². The highest BCUT2D eigenvalue weighted by Crippen LogP contribution is 2.20. The van der Waals surface area contributed by atoms with Crippen molar-refractivity contribution in [2.75, 3.05) is 6.61 Å². The summed E-state index contributed by atoms with van der Waals surface area (Å²) in [5, 5.41) is 4.86. The number of hydrogen-bond donors (Lipinski definition) is 1. The van der Waals surface area contributed by atoms with Crippen molar-refractivity contribution in [1.29, 1.82) is 0 Å². The lowest BCUT2D eigenvalue weighted by Gasteiger charge is -2.22. The molecule has 8 heteroatoms. The summed E-state index contributed by atoms with van der Waals surface area (Å²) in [6, 6.07) is 2.02. The number of thioether (sulfide) groups is 1. The molecule has 3 rings (SSSR count). The number of H-pyrrole nitrogens is 1. The lowest BCUT2D eigenvalue weighted by atomic mass is 10.2. The molecule has 0 saturated carbocycles. The summed E-state index contributed by atoms with van der Waals surface area (Å²) in [5.74, 6) is 0.893. The van der Waals surface area contributed by atoms with E-state index in [0.717, 1.165) is 30.7 Å². The van der Waals surface area contributed by atoms with Gasteiger partial charge in [0.2, 0.25) is 5.75 Å². The molecule has 1 aliphatic rings. The molecule has 23 heavy (non-hydrogen) atoms. The second-order valence-electron chi connectivity index (χ2n) is 5.49. The van der Waals surface area contributed by atoms with Crippen LogP contribution < -0.4 is 10.3 Å². The first-order valence-corrected chi connectivity index (χ1v) is 8.60. The Morgan fingerprint density at radius 2 is 2.39 bits per heavy atom. The highest BCUT2D eigenvalue weighted by Gasteiger charge is 2.17. The highest BCUT2D eigenvalue weighted by molar-refractivity contribution is 7.98. The molecule has 0 aromatic carbocycles. The Kier molecular flexibility index (Phi) is 5.02. The molecule has 0 aliphatic carbocycles. The third kappa shape index (κ3) is 4.14. The summed E-state index contributed by atoms with van der Waals surface area (Å²) in [7, 11) is 1.90. The molecule has 124 valence electrons. The van der Waals surface area contributed by atoms with E-state index in [1.54, 1.807) is 0 Å². The lowest BCUT2D eigenvalue weighted by molar-refractivity contribution is -0.106. The number of nitrogens with one attached hydrogen (secondary N) is 1. The molecule has 0 amide bonds. The minimum absolute atomic E-state index is 0.206. The molecule has 2 aromatic heterocycles. The van der Waals surface area contributed by atoms with Gasteiger partial charge in [0.1, 0.15) is 0 Å². The number of nitrogens with zero attached hydrogens (tertiary/aromatic N) is 3. The first-order chi connectivity index (χ1) is 11.1. The fourth-order valence-corrected chi connectivity index (χ4v) is 3.26. The fraction of sp³-hybridized carbons (Fsp3) is 0.533. The molecule has 1 atom stereocenters. The number of aromatic amines is 1. The van der Waals surface area contributed by atoms with Crippen LogP contribution in [0.1, 0.15) is 30.7 Å². The zero-order valence-corrected chi connectivity index (χ0v) is 14.1. The molecular weight excluding hydrogens is 316 g/mol. The van der Waals surface area contributed by atoms with Gasteiger partial charge in [0.05, 0.1) is 18.5 Å². The van der Waals surface area contributed by atoms with Crippen LogP contribution in [0.5, 0.6) is 5.75 Å². The molecule has 1 saturated heterocycles. The van der Waals surface area contributed by atoms with E-state index in [0.29, 0.717) is 17.5 Å². The molecule has 0 bridgehead atoms. The van der Waals surface area contributed by atoms with Crippen LogP contribution in [0.25, 0.3) is 0 Å². The molecule has 1 aliphatic heterocycles. The standard InChI is InChI=1S/C15H20N4O3S/c1-10-7-11(19(2)18-10)9-23-15-16-8-12(14(20)17-15)22-13-5-3-4-6-21-13/h7-8,13H,3-6,9H2,1-2H3,(H,16,17,20). The van der Waals surface area contributed by atoms with Crippen molar-refractivity contribution in [3.8, 4) is 5.75 Å². The molecule has 7 nitrogen and oxygen atoms in total. The van der Waals surface area contributed by atoms with Gasteiger partial charge in [-0.1, -0.05) is 11.8 Å². The molecule has 0 spiro atoms. The Morgan fingerprint density at radius 3 is 3.04 bits per heavy atom. The van der Waals surface area contributed by atoms with Crippen LogP contribution in [-0.4, -0.2) is 32.6 Å². The van der Waals surface area contributed by atoms with Crippen molar-refractivity contribution in [2.24, 2.45) is 7.05 Å². The van der Waals surface area contributed by atoms with Gasteiger partial charge in [0, 0.05) is 24.9 Å². The van der Waals surface area contributed by atoms with E-state index in [1.807, 2.05) is 24.7 Å². The lowest BCUT2D eigenvalue weighted by Crippen LogP contribution is -2.27. The van der Waals surface area contributed by atoms with Crippen LogP contribution in [0.4, 0.5) is 0 Å². The van der Waals surface area contributed by atoms with E-state index < -0.39 is 0 Å². The first kappa shape index (κ1) is 16.1. The van der Waals surface area contributed by atoms with Crippen LogP contribution in [0.15, 0.2) is 22.2 Å². The second kappa shape index (κ2) is 7.18. The highest BCUT2D eigenvalue weighted by atomic mass is 32.2. The second-order valence-corrected chi connectivity index (χ2v) is 6.45. The number of ether oxygens (including phenoxy) is 2. The normalized spacial score (nSPS) is 18.1. The number of aromatic nitrogens is 4. The van der Waals surface area contributed by atoms with Crippen LogP contribution in [0, 0.1) is 6.92 Å². The summed E-state index contributed by atoms with van der Waals surface area (Å²) >= 11 is 1.46. The molecule has 1 N–H and O–H groups in total. The zero-order valence-electron chi connectivity index (χ0n) is 13.2. The maximum atomic E-state index is 12.1. The van der Waals surface area contributed by atoms with Gasteiger partial charge >= 0.3 is 0 Å². The van der Waals surface area contributed by atoms with Gasteiger partial charge in [-0.05, 0) is 25.8 Å². The quantitative estimate of drug-likeness (QED) is 0.664. The van der Waals surface area contributed by atoms with Crippen molar-refractivity contribution in [2.45, 2.75) is 43.4 Å². The van der Waals surface area contributed by atoms with Gasteiger partial charge in [-0.2, -0.15) is 5.10 Å². The summed E-state index contributed by atoms with van der Waals surface area (Å²) in [6.07, 6.45) is 4.01. The predicted molar refractivity (Wildman–Crippen MR) is 86.6 cm³/mol. The molecule has 3 heterocycles. The zero-order chi connectivity index (χ0) is 16.2. The Morgan fingerprint density at radius 1 is 1.52 bits per heavy atom. The molecule has 1 unspecified atom stereocenters. The van der Waals surface area contributed by atoms with Gasteiger partial charge in [0.25, 0.3) is 5.56 Å². The predicted octanol–water partition coefficient (Wildman–Crippen LogP) is 2.01. The first-order valence-electron chi connectivity index (χ1n) is 7.62. The van der Waals surface area contributed by atoms with Gasteiger partial charge in [-0.25, -0.2) is 4.98 Å². The van der Waals surface area contributed by atoms with Gasteiger partial charge in [-0.3, -0.25) is 14.5 Å². The van der Waals surface area contributed by atoms with Crippen molar-refractivity contribution < 1.29 is 9.47 Å². The van der Waals surface area contributed by atoms with Gasteiger partial charge < -0.3 is 9.47 Å². The number of rotatable bonds is 5. The third-order valence-electron chi connectivity index (χ3n) is 3.60. The Bertz CT molecular complexity index is 722. The van der Waals surface area contributed by atoms with E-state index in [2.05, 4.69) is 15.1 Å².